The van der Waals surface area contributed by atoms with Gasteiger partial charge in [-0.15, -0.1) is 0 Å². The first-order valence-corrected chi connectivity index (χ1v) is 6.86. The van der Waals surface area contributed by atoms with E-state index < -0.39 is 10.0 Å². The minimum atomic E-state index is -3.41. The first-order valence-electron chi connectivity index (χ1n) is 5.37. The fraction of sp³-hybridized carbons (Fsp3) is 0.182. The zero-order chi connectivity index (χ0) is 13.0. The topological polar surface area (TPSA) is 86.9 Å². The maximum Gasteiger partial charge on any atom is 0.240 e. The van der Waals surface area contributed by atoms with Crippen LogP contribution in [0.15, 0.2) is 41.6 Å². The van der Waals surface area contributed by atoms with Gasteiger partial charge in [-0.1, -0.05) is 6.07 Å². The second-order valence-corrected chi connectivity index (χ2v) is 5.51. The summed E-state index contributed by atoms with van der Waals surface area (Å²) in [5, 5.41) is 3.10. The van der Waals surface area contributed by atoms with Crippen molar-refractivity contribution in [3.63, 3.8) is 0 Å². The molecule has 0 aliphatic heterocycles. The molecule has 0 aliphatic carbocycles. The lowest BCUT2D eigenvalue weighted by Gasteiger charge is -2.07. The van der Waals surface area contributed by atoms with E-state index in [1.807, 2.05) is 0 Å². The van der Waals surface area contributed by atoms with Gasteiger partial charge in [0.1, 0.15) is 5.82 Å². The number of imidazole rings is 1. The second-order valence-electron chi connectivity index (χ2n) is 3.62. The summed E-state index contributed by atoms with van der Waals surface area (Å²) < 4.78 is 25.5. The minimum Gasteiger partial charge on any atom is -0.378 e. The molecule has 2 aromatic rings. The van der Waals surface area contributed by atoms with E-state index in [2.05, 4.69) is 20.0 Å². The lowest BCUT2D eigenvalue weighted by Crippen LogP contribution is -2.18. The van der Waals surface area contributed by atoms with Crippen molar-refractivity contribution in [1.82, 2.24) is 14.7 Å². The molecule has 0 saturated heterocycles. The SMILES string of the molecule is CNS(=O)(=O)c1cccc(NCc2ncc[nH]2)c1. The van der Waals surface area contributed by atoms with Crippen LogP contribution in [0.3, 0.4) is 0 Å². The summed E-state index contributed by atoms with van der Waals surface area (Å²) in [6.45, 7) is 0.510. The number of nitrogens with zero attached hydrogens (tertiary/aromatic N) is 1. The number of aromatic amines is 1. The summed E-state index contributed by atoms with van der Waals surface area (Å²) >= 11 is 0. The number of hydrogen-bond acceptors (Lipinski definition) is 4. The van der Waals surface area contributed by atoms with Gasteiger partial charge in [0.2, 0.25) is 10.0 Å². The Morgan fingerprint density at radius 2 is 2.22 bits per heavy atom. The molecular weight excluding hydrogens is 252 g/mol. The molecule has 3 N–H and O–H groups in total. The fourth-order valence-electron chi connectivity index (χ4n) is 1.47. The van der Waals surface area contributed by atoms with Gasteiger partial charge in [0.15, 0.2) is 0 Å². The van der Waals surface area contributed by atoms with E-state index in [0.29, 0.717) is 6.54 Å². The summed E-state index contributed by atoms with van der Waals surface area (Å²) in [7, 11) is -2.02. The zero-order valence-corrected chi connectivity index (χ0v) is 10.7. The van der Waals surface area contributed by atoms with Gasteiger partial charge in [0.25, 0.3) is 0 Å². The number of H-pyrrole nitrogens is 1. The third-order valence-electron chi connectivity index (χ3n) is 2.43. The monoisotopic (exact) mass is 266 g/mol. The molecule has 0 saturated carbocycles. The Kier molecular flexibility index (Phi) is 3.63. The third kappa shape index (κ3) is 2.88. The molecule has 0 spiro atoms. The van der Waals surface area contributed by atoms with Gasteiger partial charge in [-0.05, 0) is 25.2 Å². The molecule has 2 rings (SSSR count). The van der Waals surface area contributed by atoms with E-state index in [0.717, 1.165) is 11.5 Å². The van der Waals surface area contributed by atoms with Crippen LogP contribution in [0.5, 0.6) is 0 Å². The molecule has 18 heavy (non-hydrogen) atoms. The van der Waals surface area contributed by atoms with Crippen LogP contribution < -0.4 is 10.0 Å². The van der Waals surface area contributed by atoms with E-state index in [4.69, 9.17) is 0 Å². The van der Waals surface area contributed by atoms with Crippen LogP contribution in [-0.2, 0) is 16.6 Å². The van der Waals surface area contributed by atoms with Gasteiger partial charge < -0.3 is 10.3 Å². The van der Waals surface area contributed by atoms with Gasteiger partial charge in [-0.3, -0.25) is 0 Å². The van der Waals surface area contributed by atoms with Crippen molar-refractivity contribution in [3.05, 3.63) is 42.5 Å². The van der Waals surface area contributed by atoms with Crippen LogP contribution in [0.25, 0.3) is 0 Å². The highest BCUT2D eigenvalue weighted by molar-refractivity contribution is 7.89. The molecule has 1 heterocycles. The maximum atomic E-state index is 11.6. The number of anilines is 1. The largest absolute Gasteiger partial charge is 0.378 e. The molecule has 96 valence electrons. The summed E-state index contributed by atoms with van der Waals surface area (Å²) in [4.78, 5) is 7.26. The highest BCUT2D eigenvalue weighted by atomic mass is 32.2. The molecule has 0 aliphatic rings. The number of nitrogens with one attached hydrogen (secondary N) is 3. The van der Waals surface area contributed by atoms with E-state index in [-0.39, 0.29) is 4.90 Å². The van der Waals surface area contributed by atoms with Crippen LogP contribution in [0, 0.1) is 0 Å². The van der Waals surface area contributed by atoms with Crippen molar-refractivity contribution in [3.8, 4) is 0 Å². The molecule has 6 nitrogen and oxygen atoms in total. The molecule has 0 atom stereocenters. The van der Waals surface area contributed by atoms with Crippen molar-refractivity contribution >= 4 is 15.7 Å². The van der Waals surface area contributed by atoms with Crippen LogP contribution in [0.4, 0.5) is 5.69 Å². The van der Waals surface area contributed by atoms with Crippen molar-refractivity contribution in [2.45, 2.75) is 11.4 Å². The first-order chi connectivity index (χ1) is 8.62. The average molecular weight is 266 g/mol. The van der Waals surface area contributed by atoms with Crippen LogP contribution in [0.1, 0.15) is 5.82 Å². The average Bonchev–Trinajstić information content (AvgIpc) is 2.90. The Hall–Kier alpha value is -1.86. The molecule has 0 unspecified atom stereocenters. The Balaban J connectivity index is 2.13. The highest BCUT2D eigenvalue weighted by Crippen LogP contribution is 2.15. The second kappa shape index (κ2) is 5.19. The van der Waals surface area contributed by atoms with E-state index in [9.17, 15) is 8.42 Å². The molecule has 0 radical (unpaired) electrons. The molecule has 1 aromatic carbocycles. The standard InChI is InChI=1S/C11H14N4O2S/c1-12-18(16,17)10-4-2-3-9(7-10)15-8-11-13-5-6-14-11/h2-7,12,15H,8H2,1H3,(H,13,14). The predicted molar refractivity (Wildman–Crippen MR) is 68.6 cm³/mol. The van der Waals surface area contributed by atoms with Crippen molar-refractivity contribution in [2.75, 3.05) is 12.4 Å². The number of benzene rings is 1. The minimum absolute atomic E-state index is 0.231. The van der Waals surface area contributed by atoms with E-state index in [1.54, 1.807) is 36.7 Å². The normalized spacial score (nSPS) is 11.4. The Morgan fingerprint density at radius 3 is 2.89 bits per heavy atom. The van der Waals surface area contributed by atoms with E-state index >= 15 is 0 Å². The maximum absolute atomic E-state index is 11.6. The molecule has 0 amide bonds. The van der Waals surface area contributed by atoms with Crippen molar-refractivity contribution < 1.29 is 8.42 Å². The predicted octanol–water partition coefficient (Wildman–Crippen LogP) is 0.930. The molecular formula is C11H14N4O2S. The quantitative estimate of drug-likeness (QED) is 0.751. The summed E-state index contributed by atoms with van der Waals surface area (Å²) in [6.07, 6.45) is 3.40. The summed E-state index contributed by atoms with van der Waals surface area (Å²) in [5.74, 6) is 0.789. The van der Waals surface area contributed by atoms with Crippen LogP contribution in [-0.4, -0.2) is 25.4 Å². The summed E-state index contributed by atoms with van der Waals surface area (Å²) in [6, 6.07) is 6.62. The number of aromatic nitrogens is 2. The van der Waals surface area contributed by atoms with Gasteiger partial charge in [-0.25, -0.2) is 18.1 Å². The molecule has 0 fully saturated rings. The third-order valence-corrected chi connectivity index (χ3v) is 3.84. The van der Waals surface area contributed by atoms with Crippen LogP contribution in [0.2, 0.25) is 0 Å². The van der Waals surface area contributed by atoms with Crippen molar-refractivity contribution in [1.29, 1.82) is 0 Å². The zero-order valence-electron chi connectivity index (χ0n) is 9.84. The molecule has 7 heteroatoms. The van der Waals surface area contributed by atoms with Gasteiger partial charge >= 0.3 is 0 Å². The Bertz CT molecular complexity index is 608. The van der Waals surface area contributed by atoms with Crippen molar-refractivity contribution in [2.24, 2.45) is 0 Å². The number of hydrogen-bond donors (Lipinski definition) is 3. The molecule has 1 aromatic heterocycles. The number of rotatable bonds is 5. The van der Waals surface area contributed by atoms with E-state index in [1.165, 1.54) is 7.05 Å². The molecule has 0 bridgehead atoms. The Labute approximate surface area is 106 Å². The van der Waals surface area contributed by atoms with Gasteiger partial charge in [-0.2, -0.15) is 0 Å². The summed E-state index contributed by atoms with van der Waals surface area (Å²) in [5.41, 5.74) is 0.725. The highest BCUT2D eigenvalue weighted by Gasteiger charge is 2.11. The number of sulfonamides is 1. The van der Waals surface area contributed by atoms with Crippen LogP contribution >= 0.6 is 0 Å². The van der Waals surface area contributed by atoms with Gasteiger partial charge in [0.05, 0.1) is 11.4 Å². The first kappa shape index (κ1) is 12.6. The lowest BCUT2D eigenvalue weighted by molar-refractivity contribution is 0.588. The lowest BCUT2D eigenvalue weighted by atomic mass is 10.3. The smallest absolute Gasteiger partial charge is 0.240 e. The van der Waals surface area contributed by atoms with Gasteiger partial charge in [0, 0.05) is 18.1 Å². The Morgan fingerprint density at radius 1 is 1.39 bits per heavy atom. The fourth-order valence-corrected chi connectivity index (χ4v) is 2.25.